The van der Waals surface area contributed by atoms with E-state index < -0.39 is 5.97 Å². The van der Waals surface area contributed by atoms with Gasteiger partial charge in [-0.3, -0.25) is 0 Å². The van der Waals surface area contributed by atoms with E-state index in [0.29, 0.717) is 5.82 Å². The monoisotopic (exact) mass is 292 g/mol. The Morgan fingerprint density at radius 2 is 2.25 bits per heavy atom. The van der Waals surface area contributed by atoms with Crippen molar-refractivity contribution < 1.29 is 9.53 Å². The lowest BCUT2D eigenvalue weighted by Crippen LogP contribution is -2.10. The van der Waals surface area contributed by atoms with Crippen LogP contribution in [0.3, 0.4) is 0 Å². The number of ether oxygens (including phenoxy) is 1. The van der Waals surface area contributed by atoms with E-state index in [1.807, 2.05) is 13.1 Å². The van der Waals surface area contributed by atoms with Gasteiger partial charge in [-0.05, 0) is 25.5 Å². The Morgan fingerprint density at radius 3 is 2.80 bits per heavy atom. The summed E-state index contributed by atoms with van der Waals surface area (Å²) in [6.45, 7) is 4.11. The van der Waals surface area contributed by atoms with Crippen LogP contribution in [0.15, 0.2) is 18.3 Å². The molecule has 2 heterocycles. The first-order valence-electron chi connectivity index (χ1n) is 6.27. The fraction of sp³-hybridized carbons (Fsp3) is 0.385. The summed E-state index contributed by atoms with van der Waals surface area (Å²) in [6.07, 6.45) is 2.88. The Kier molecular flexibility index (Phi) is 4.62. The molecule has 2 aromatic rings. The summed E-state index contributed by atoms with van der Waals surface area (Å²) >= 11 is 1.68. The van der Waals surface area contributed by atoms with Crippen molar-refractivity contribution in [3.63, 3.8) is 0 Å². The van der Waals surface area contributed by atoms with Crippen molar-refractivity contribution in [2.75, 3.05) is 12.4 Å². The predicted octanol–water partition coefficient (Wildman–Crippen LogP) is 2.46. The smallest absolute Gasteiger partial charge is 0.358 e. The molecule has 0 bridgehead atoms. The molecule has 1 N–H and O–H groups in total. The van der Waals surface area contributed by atoms with Gasteiger partial charge >= 0.3 is 5.97 Å². The van der Waals surface area contributed by atoms with Gasteiger partial charge in [-0.25, -0.2) is 9.78 Å². The number of aromatic nitrogens is 3. The number of methoxy groups -OCH3 is 1. The zero-order valence-electron chi connectivity index (χ0n) is 11.6. The van der Waals surface area contributed by atoms with Crippen molar-refractivity contribution in [1.82, 2.24) is 15.2 Å². The maximum Gasteiger partial charge on any atom is 0.358 e. The fourth-order valence-corrected chi connectivity index (χ4v) is 2.45. The molecule has 0 radical (unpaired) electrons. The van der Waals surface area contributed by atoms with Gasteiger partial charge in [-0.2, -0.15) is 0 Å². The number of thiazole rings is 1. The van der Waals surface area contributed by atoms with Crippen LogP contribution in [-0.2, 0) is 11.2 Å². The zero-order chi connectivity index (χ0) is 14.5. The van der Waals surface area contributed by atoms with E-state index in [-0.39, 0.29) is 11.7 Å². The molecule has 1 atom stereocenters. The number of esters is 1. The Morgan fingerprint density at radius 1 is 1.45 bits per heavy atom. The predicted molar refractivity (Wildman–Crippen MR) is 76.9 cm³/mol. The highest BCUT2D eigenvalue weighted by Gasteiger charge is 2.12. The lowest BCUT2D eigenvalue weighted by atomic mass is 10.3. The molecular formula is C13H16N4O2S. The van der Waals surface area contributed by atoms with Crippen molar-refractivity contribution in [2.24, 2.45) is 0 Å². The summed E-state index contributed by atoms with van der Waals surface area (Å²) < 4.78 is 4.57. The number of hydrogen-bond donors (Lipinski definition) is 1. The minimum Gasteiger partial charge on any atom is -0.464 e. The number of hydrogen-bond acceptors (Lipinski definition) is 7. The molecule has 0 saturated heterocycles. The molecule has 0 aliphatic heterocycles. The van der Waals surface area contributed by atoms with Crippen molar-refractivity contribution in [3.05, 3.63) is 33.9 Å². The van der Waals surface area contributed by atoms with Gasteiger partial charge < -0.3 is 10.1 Å². The summed E-state index contributed by atoms with van der Waals surface area (Å²) in [5.41, 5.74) is 0.188. The summed E-state index contributed by atoms with van der Waals surface area (Å²) in [6, 6.07) is 3.32. The van der Waals surface area contributed by atoms with Gasteiger partial charge in [0.25, 0.3) is 0 Å². The molecule has 7 heteroatoms. The van der Waals surface area contributed by atoms with Crippen molar-refractivity contribution in [1.29, 1.82) is 0 Å². The molecule has 106 valence electrons. The molecule has 20 heavy (non-hydrogen) atoms. The first kappa shape index (κ1) is 14.4. The molecule has 2 aromatic heterocycles. The van der Waals surface area contributed by atoms with Crippen LogP contribution in [0, 0.1) is 0 Å². The van der Waals surface area contributed by atoms with Crippen LogP contribution >= 0.6 is 11.3 Å². The first-order valence-corrected chi connectivity index (χ1v) is 7.08. The van der Waals surface area contributed by atoms with Crippen LogP contribution in [0.4, 0.5) is 5.82 Å². The van der Waals surface area contributed by atoms with Crippen LogP contribution in [0.5, 0.6) is 0 Å². The third-order valence-corrected chi connectivity index (χ3v) is 4.04. The minimum absolute atomic E-state index is 0.0403. The summed E-state index contributed by atoms with van der Waals surface area (Å²) in [5.74, 6) is 0.100. The Balaban J connectivity index is 2.04. The maximum atomic E-state index is 11.3. The Labute approximate surface area is 121 Å². The quantitative estimate of drug-likeness (QED) is 0.853. The van der Waals surface area contributed by atoms with Gasteiger partial charge in [0.2, 0.25) is 0 Å². The molecule has 0 spiro atoms. The molecule has 0 fully saturated rings. The summed E-state index contributed by atoms with van der Waals surface area (Å²) in [7, 11) is 1.31. The second kappa shape index (κ2) is 6.42. The minimum atomic E-state index is -0.496. The van der Waals surface area contributed by atoms with E-state index >= 15 is 0 Å². The molecule has 0 aliphatic carbocycles. The van der Waals surface area contributed by atoms with Crippen LogP contribution in [0.2, 0.25) is 0 Å². The van der Waals surface area contributed by atoms with Crippen molar-refractivity contribution in [3.8, 4) is 0 Å². The average Bonchev–Trinajstić information content (AvgIpc) is 2.96. The van der Waals surface area contributed by atoms with Crippen molar-refractivity contribution >= 4 is 23.1 Å². The number of anilines is 1. The lowest BCUT2D eigenvalue weighted by molar-refractivity contribution is 0.0593. The molecule has 2 rings (SSSR count). The first-order chi connectivity index (χ1) is 9.63. The molecule has 0 saturated carbocycles. The van der Waals surface area contributed by atoms with Crippen LogP contribution < -0.4 is 5.32 Å². The van der Waals surface area contributed by atoms with Gasteiger partial charge in [-0.15, -0.1) is 21.5 Å². The van der Waals surface area contributed by atoms with E-state index in [0.717, 1.165) is 11.4 Å². The number of rotatable bonds is 5. The molecule has 6 nitrogen and oxygen atoms in total. The highest BCUT2D eigenvalue weighted by Crippen LogP contribution is 2.23. The lowest BCUT2D eigenvalue weighted by Gasteiger charge is -2.11. The third kappa shape index (κ3) is 3.30. The van der Waals surface area contributed by atoms with E-state index in [4.69, 9.17) is 0 Å². The third-order valence-electron chi connectivity index (χ3n) is 2.71. The van der Waals surface area contributed by atoms with E-state index in [1.165, 1.54) is 12.0 Å². The second-order valence-corrected chi connectivity index (χ2v) is 5.33. The molecule has 0 aromatic carbocycles. The SMILES string of the molecule is CCc1cnc(C(C)Nc2ccc(C(=O)OC)nn2)s1. The standard InChI is InChI=1S/C13H16N4O2S/c1-4-9-7-14-12(20-9)8(2)15-11-6-5-10(16-17-11)13(18)19-3/h5-8H,4H2,1-3H3,(H,15,17). The number of carbonyl (C=O) groups is 1. The zero-order valence-corrected chi connectivity index (χ0v) is 12.4. The topological polar surface area (TPSA) is 77.0 Å². The normalized spacial score (nSPS) is 11.9. The van der Waals surface area contributed by atoms with E-state index in [2.05, 4.69) is 32.2 Å². The largest absolute Gasteiger partial charge is 0.464 e. The van der Waals surface area contributed by atoms with Gasteiger partial charge in [0.15, 0.2) is 5.69 Å². The number of nitrogens with one attached hydrogen (secondary N) is 1. The molecule has 0 amide bonds. The van der Waals surface area contributed by atoms with Gasteiger partial charge in [0, 0.05) is 11.1 Å². The average molecular weight is 292 g/mol. The van der Waals surface area contributed by atoms with Crippen LogP contribution in [0.25, 0.3) is 0 Å². The van der Waals surface area contributed by atoms with Gasteiger partial charge in [0.05, 0.1) is 13.2 Å². The summed E-state index contributed by atoms with van der Waals surface area (Å²) in [5, 5.41) is 12.0. The number of aryl methyl sites for hydroxylation is 1. The number of nitrogens with zero attached hydrogens (tertiary/aromatic N) is 3. The highest BCUT2D eigenvalue weighted by atomic mass is 32.1. The summed E-state index contributed by atoms with van der Waals surface area (Å²) in [4.78, 5) is 16.9. The van der Waals surface area contributed by atoms with E-state index in [1.54, 1.807) is 23.5 Å². The molecule has 0 aliphatic rings. The molecular weight excluding hydrogens is 276 g/mol. The maximum absolute atomic E-state index is 11.3. The Bertz CT molecular complexity index is 582. The van der Waals surface area contributed by atoms with Gasteiger partial charge in [-0.1, -0.05) is 6.92 Å². The molecule has 1 unspecified atom stereocenters. The van der Waals surface area contributed by atoms with Crippen LogP contribution in [-0.4, -0.2) is 28.3 Å². The number of carbonyl (C=O) groups excluding carboxylic acids is 1. The fourth-order valence-electron chi connectivity index (χ4n) is 1.59. The van der Waals surface area contributed by atoms with E-state index in [9.17, 15) is 4.79 Å². The van der Waals surface area contributed by atoms with Crippen LogP contribution in [0.1, 0.15) is 40.3 Å². The second-order valence-electron chi connectivity index (χ2n) is 4.18. The van der Waals surface area contributed by atoms with Crippen molar-refractivity contribution in [2.45, 2.75) is 26.3 Å². The Hall–Kier alpha value is -2.02. The van der Waals surface area contributed by atoms with Gasteiger partial charge in [0.1, 0.15) is 10.8 Å². The highest BCUT2D eigenvalue weighted by molar-refractivity contribution is 7.11.